The molecule has 1 unspecified atom stereocenters. The van der Waals surface area contributed by atoms with Crippen LogP contribution in [0.5, 0.6) is 11.5 Å². The van der Waals surface area contributed by atoms with Crippen molar-refractivity contribution in [1.82, 2.24) is 0 Å². The third-order valence-electron chi connectivity index (χ3n) is 6.26. The van der Waals surface area contributed by atoms with Gasteiger partial charge in [0.05, 0.1) is 37.6 Å². The summed E-state index contributed by atoms with van der Waals surface area (Å²) in [4.78, 5) is 0. The summed E-state index contributed by atoms with van der Waals surface area (Å²) < 4.78 is 11.4. The molecule has 0 spiro atoms. The molecule has 1 fully saturated rings. The molecule has 0 heterocycles. The number of unbranched alkanes of at least 4 members (excludes halogenated alkanes) is 1. The van der Waals surface area contributed by atoms with Gasteiger partial charge in [-0.2, -0.15) is 15.8 Å². The zero-order valence-corrected chi connectivity index (χ0v) is 17.4. The number of nitriles is 3. The van der Waals surface area contributed by atoms with Crippen molar-refractivity contribution >= 4 is 5.71 Å². The minimum atomic E-state index is -1.55. The fourth-order valence-electron chi connectivity index (χ4n) is 4.59. The van der Waals surface area contributed by atoms with E-state index in [0.717, 1.165) is 36.8 Å². The van der Waals surface area contributed by atoms with Crippen molar-refractivity contribution in [1.29, 1.82) is 21.2 Å². The van der Waals surface area contributed by atoms with Gasteiger partial charge in [0, 0.05) is 0 Å². The van der Waals surface area contributed by atoms with Crippen LogP contribution in [0.2, 0.25) is 0 Å². The molecular formula is C24H26N4O2. The quantitative estimate of drug-likeness (QED) is 0.537. The second-order valence-corrected chi connectivity index (χ2v) is 7.92. The standard InChI is InChI=1S/C24H26N4O2/c1-3-4-10-30-21-9-8-16(11-22(21)29-2)17-6-5-7-18-19(17)12-24(14-26,15-27)23(28)20(18)13-25/h7-9,11,17,19-20,28H,3-6,10,12H2,1-2H3/t17-,19-,20?/m1/s1. The molecule has 0 bridgehead atoms. The van der Waals surface area contributed by atoms with E-state index in [-0.39, 0.29) is 24.0 Å². The number of methoxy groups -OCH3 is 1. The van der Waals surface area contributed by atoms with Crippen LogP contribution in [-0.4, -0.2) is 19.4 Å². The third kappa shape index (κ3) is 3.64. The van der Waals surface area contributed by atoms with Gasteiger partial charge >= 0.3 is 0 Å². The fourth-order valence-corrected chi connectivity index (χ4v) is 4.59. The number of rotatable bonds is 6. The summed E-state index contributed by atoms with van der Waals surface area (Å²) in [6.07, 6.45) is 5.94. The van der Waals surface area contributed by atoms with E-state index in [4.69, 9.17) is 14.9 Å². The van der Waals surface area contributed by atoms with Crippen molar-refractivity contribution in [3.8, 4) is 29.7 Å². The number of allylic oxidation sites excluding steroid dienone is 2. The normalized spacial score (nSPS) is 24.4. The molecule has 1 aromatic carbocycles. The van der Waals surface area contributed by atoms with Crippen molar-refractivity contribution in [2.75, 3.05) is 13.7 Å². The smallest absolute Gasteiger partial charge is 0.183 e. The second kappa shape index (κ2) is 9.02. The average Bonchev–Trinajstić information content (AvgIpc) is 2.78. The number of benzene rings is 1. The first-order valence-electron chi connectivity index (χ1n) is 10.4. The Morgan fingerprint density at radius 2 is 1.93 bits per heavy atom. The van der Waals surface area contributed by atoms with Gasteiger partial charge in [-0.25, -0.2) is 0 Å². The zero-order valence-electron chi connectivity index (χ0n) is 17.4. The van der Waals surface area contributed by atoms with Gasteiger partial charge in [-0.3, -0.25) is 0 Å². The fraction of sp³-hybridized carbons (Fsp3) is 0.500. The minimum absolute atomic E-state index is 0.0496. The second-order valence-electron chi connectivity index (χ2n) is 7.92. The van der Waals surface area contributed by atoms with Gasteiger partial charge in [-0.15, -0.1) is 0 Å². The maximum atomic E-state index is 9.71. The van der Waals surface area contributed by atoms with E-state index < -0.39 is 11.3 Å². The lowest BCUT2D eigenvalue weighted by molar-refractivity contribution is 0.287. The van der Waals surface area contributed by atoms with E-state index >= 15 is 0 Å². The van der Waals surface area contributed by atoms with Gasteiger partial charge in [-0.1, -0.05) is 25.5 Å². The van der Waals surface area contributed by atoms with Crippen LogP contribution in [0.4, 0.5) is 0 Å². The lowest BCUT2D eigenvalue weighted by Crippen LogP contribution is -2.44. The average molecular weight is 402 g/mol. The molecule has 6 heteroatoms. The number of ether oxygens (including phenoxy) is 2. The molecule has 0 amide bonds. The maximum absolute atomic E-state index is 9.71. The molecule has 0 saturated heterocycles. The Bertz CT molecular complexity index is 962. The van der Waals surface area contributed by atoms with Crippen LogP contribution in [0.3, 0.4) is 0 Å². The van der Waals surface area contributed by atoms with Crippen LogP contribution >= 0.6 is 0 Å². The minimum Gasteiger partial charge on any atom is -0.493 e. The first-order chi connectivity index (χ1) is 14.5. The number of fused-ring (bicyclic) bond motifs is 1. The molecule has 3 atom stereocenters. The highest BCUT2D eigenvalue weighted by atomic mass is 16.5. The van der Waals surface area contributed by atoms with Crippen molar-refractivity contribution in [2.24, 2.45) is 17.3 Å². The van der Waals surface area contributed by atoms with Crippen molar-refractivity contribution in [3.63, 3.8) is 0 Å². The Morgan fingerprint density at radius 3 is 2.57 bits per heavy atom. The summed E-state index contributed by atoms with van der Waals surface area (Å²) in [5, 5.41) is 37.5. The molecular weight excluding hydrogens is 376 g/mol. The van der Waals surface area contributed by atoms with Crippen LogP contribution in [0.15, 0.2) is 29.8 Å². The lowest BCUT2D eigenvalue weighted by Gasteiger charge is -2.43. The van der Waals surface area contributed by atoms with Crippen LogP contribution in [0.1, 0.15) is 50.5 Å². The van der Waals surface area contributed by atoms with Crippen LogP contribution < -0.4 is 9.47 Å². The van der Waals surface area contributed by atoms with E-state index in [1.54, 1.807) is 7.11 Å². The Kier molecular flexibility index (Phi) is 6.43. The molecule has 0 aliphatic heterocycles. The van der Waals surface area contributed by atoms with Gasteiger partial charge in [0.15, 0.2) is 16.9 Å². The highest BCUT2D eigenvalue weighted by molar-refractivity contribution is 5.99. The van der Waals surface area contributed by atoms with Crippen molar-refractivity contribution < 1.29 is 9.47 Å². The van der Waals surface area contributed by atoms with E-state index in [1.165, 1.54) is 0 Å². The van der Waals surface area contributed by atoms with E-state index in [2.05, 4.69) is 13.0 Å². The van der Waals surface area contributed by atoms with Gasteiger partial charge < -0.3 is 14.9 Å². The number of hydrogen-bond donors (Lipinski definition) is 1. The van der Waals surface area contributed by atoms with Crippen LogP contribution in [0.25, 0.3) is 0 Å². The van der Waals surface area contributed by atoms with E-state index in [1.807, 2.05) is 36.4 Å². The Labute approximate surface area is 177 Å². The van der Waals surface area contributed by atoms with E-state index in [0.29, 0.717) is 18.1 Å². The molecule has 2 aliphatic rings. The molecule has 6 nitrogen and oxygen atoms in total. The van der Waals surface area contributed by atoms with Gasteiger partial charge in [0.25, 0.3) is 0 Å². The third-order valence-corrected chi connectivity index (χ3v) is 6.26. The summed E-state index contributed by atoms with van der Waals surface area (Å²) in [6.45, 7) is 2.74. The lowest BCUT2D eigenvalue weighted by atomic mass is 9.57. The largest absolute Gasteiger partial charge is 0.493 e. The Morgan fingerprint density at radius 1 is 1.17 bits per heavy atom. The molecule has 0 aromatic heterocycles. The number of nitrogens with one attached hydrogen (secondary N) is 1. The summed E-state index contributed by atoms with van der Waals surface area (Å²) in [7, 11) is 1.61. The first kappa shape index (κ1) is 21.4. The molecule has 30 heavy (non-hydrogen) atoms. The maximum Gasteiger partial charge on any atom is 0.183 e. The van der Waals surface area contributed by atoms with Gasteiger partial charge in [-0.05, 0) is 60.8 Å². The predicted octanol–water partition coefficient (Wildman–Crippen LogP) is 4.89. The molecule has 2 aliphatic carbocycles. The Balaban J connectivity index is 1.97. The van der Waals surface area contributed by atoms with Crippen molar-refractivity contribution in [2.45, 2.75) is 44.9 Å². The monoisotopic (exact) mass is 402 g/mol. The molecule has 1 saturated carbocycles. The summed E-state index contributed by atoms with van der Waals surface area (Å²) in [5.74, 6) is 0.461. The van der Waals surface area contributed by atoms with Crippen LogP contribution in [-0.2, 0) is 0 Å². The summed E-state index contributed by atoms with van der Waals surface area (Å²) in [6, 6.07) is 12.1. The zero-order chi connectivity index (χ0) is 21.7. The molecule has 0 radical (unpaired) electrons. The van der Waals surface area contributed by atoms with Crippen LogP contribution in [0, 0.1) is 56.7 Å². The summed E-state index contributed by atoms with van der Waals surface area (Å²) >= 11 is 0. The highest BCUT2D eigenvalue weighted by Gasteiger charge is 2.51. The number of nitrogens with zero attached hydrogens (tertiary/aromatic N) is 3. The number of hydrogen-bond acceptors (Lipinski definition) is 6. The Hall–Kier alpha value is -3.30. The highest BCUT2D eigenvalue weighted by Crippen LogP contribution is 2.52. The van der Waals surface area contributed by atoms with Crippen molar-refractivity contribution in [3.05, 3.63) is 35.4 Å². The molecule has 1 aromatic rings. The topological polar surface area (TPSA) is 114 Å². The first-order valence-corrected chi connectivity index (χ1v) is 10.4. The summed E-state index contributed by atoms with van der Waals surface area (Å²) in [5.41, 5.74) is 0.281. The van der Waals surface area contributed by atoms with Gasteiger partial charge in [0.1, 0.15) is 5.92 Å². The molecule has 154 valence electrons. The predicted molar refractivity (Wildman–Crippen MR) is 112 cm³/mol. The SMILES string of the molecule is CCCCOc1ccc([C@H]2CCC=C3C(C#N)C(=N)C(C#N)(C#N)C[C@@H]32)cc1OC. The van der Waals surface area contributed by atoms with E-state index in [9.17, 15) is 15.8 Å². The van der Waals surface area contributed by atoms with Gasteiger partial charge in [0.2, 0.25) is 0 Å². The molecule has 1 N–H and O–H groups in total. The molecule has 3 rings (SSSR count).